The number of aromatic nitrogens is 1. The molecule has 11 heavy (non-hydrogen) atoms. The Morgan fingerprint density at radius 2 is 2.36 bits per heavy atom. The van der Waals surface area contributed by atoms with Gasteiger partial charge in [0.05, 0.1) is 17.7 Å². The van der Waals surface area contributed by atoms with Crippen LogP contribution in [0.3, 0.4) is 0 Å². The lowest BCUT2D eigenvalue weighted by Crippen LogP contribution is -1.92. The summed E-state index contributed by atoms with van der Waals surface area (Å²) >= 11 is 3.27. The minimum Gasteiger partial charge on any atom is -0.259 e. The zero-order valence-electron chi connectivity index (χ0n) is 6.08. The Morgan fingerprint density at radius 3 is 2.82 bits per heavy atom. The summed E-state index contributed by atoms with van der Waals surface area (Å²) in [6, 6.07) is 5.85. The maximum absolute atomic E-state index is 8.56. The number of rotatable bonds is 1. The van der Waals surface area contributed by atoms with Gasteiger partial charge in [-0.1, -0.05) is 0 Å². The molecule has 0 aromatic carbocycles. The molecule has 0 aliphatic carbocycles. The van der Waals surface area contributed by atoms with Crippen molar-refractivity contribution in [3.05, 3.63) is 28.5 Å². The quantitative estimate of drug-likeness (QED) is 0.715. The van der Waals surface area contributed by atoms with E-state index >= 15 is 0 Å². The second kappa shape index (κ2) is 3.49. The molecule has 0 aliphatic rings. The second-order valence-corrected chi connectivity index (χ2v) is 3.17. The molecule has 0 radical (unpaired) electrons. The van der Waals surface area contributed by atoms with Gasteiger partial charge in [-0.3, -0.25) is 4.98 Å². The van der Waals surface area contributed by atoms with Crippen molar-refractivity contribution >= 4 is 15.9 Å². The third-order valence-electron chi connectivity index (χ3n) is 1.39. The molecule has 2 nitrogen and oxygen atoms in total. The maximum Gasteiger partial charge on any atom is 0.0856 e. The Kier molecular flexibility index (Phi) is 2.61. The van der Waals surface area contributed by atoms with E-state index in [1.807, 2.05) is 19.1 Å². The third-order valence-corrected chi connectivity index (χ3v) is 1.86. The number of nitrogens with zero attached hydrogens (tertiary/aromatic N) is 2. The summed E-state index contributed by atoms with van der Waals surface area (Å²) in [6.07, 6.45) is 1.70. The smallest absolute Gasteiger partial charge is 0.0856 e. The van der Waals surface area contributed by atoms with Crippen molar-refractivity contribution in [3.63, 3.8) is 0 Å². The molecule has 1 rings (SSSR count). The largest absolute Gasteiger partial charge is 0.259 e. The van der Waals surface area contributed by atoms with E-state index in [1.165, 1.54) is 0 Å². The molecular weight excluding hydrogens is 204 g/mol. The monoisotopic (exact) mass is 210 g/mol. The van der Waals surface area contributed by atoms with Crippen molar-refractivity contribution in [3.8, 4) is 6.07 Å². The van der Waals surface area contributed by atoms with Crippen LogP contribution >= 0.6 is 15.9 Å². The molecule has 0 N–H and O–H groups in total. The number of nitriles is 1. The first-order chi connectivity index (χ1) is 5.24. The number of pyridine rings is 1. The van der Waals surface area contributed by atoms with Gasteiger partial charge in [-0.05, 0) is 35.0 Å². The lowest BCUT2D eigenvalue weighted by molar-refractivity contribution is 0.918. The molecule has 0 amide bonds. The van der Waals surface area contributed by atoms with Crippen LogP contribution in [-0.4, -0.2) is 4.98 Å². The first-order valence-corrected chi connectivity index (χ1v) is 4.04. The summed E-state index contributed by atoms with van der Waals surface area (Å²) < 4.78 is 0.936. The molecule has 0 bridgehead atoms. The second-order valence-electron chi connectivity index (χ2n) is 2.25. The Morgan fingerprint density at radius 1 is 1.64 bits per heavy atom. The van der Waals surface area contributed by atoms with Gasteiger partial charge in [0.25, 0.3) is 0 Å². The molecule has 0 saturated heterocycles. The molecule has 3 heteroatoms. The molecule has 1 unspecified atom stereocenters. The van der Waals surface area contributed by atoms with Gasteiger partial charge in [-0.25, -0.2) is 0 Å². The molecular formula is C8H7BrN2. The minimum absolute atomic E-state index is 0.122. The van der Waals surface area contributed by atoms with E-state index in [-0.39, 0.29) is 5.92 Å². The van der Waals surface area contributed by atoms with E-state index < -0.39 is 0 Å². The molecule has 0 spiro atoms. The van der Waals surface area contributed by atoms with Crippen LogP contribution in [0.25, 0.3) is 0 Å². The predicted octanol–water partition coefficient (Wildman–Crippen LogP) is 2.47. The zero-order valence-corrected chi connectivity index (χ0v) is 7.67. The van der Waals surface area contributed by atoms with Gasteiger partial charge in [-0.2, -0.15) is 5.26 Å². The lowest BCUT2D eigenvalue weighted by Gasteiger charge is -1.99. The topological polar surface area (TPSA) is 36.7 Å². The van der Waals surface area contributed by atoms with Gasteiger partial charge in [0.15, 0.2) is 0 Å². The molecule has 0 fully saturated rings. The fourth-order valence-electron chi connectivity index (χ4n) is 0.710. The van der Waals surface area contributed by atoms with Crippen molar-refractivity contribution in [2.24, 2.45) is 0 Å². The summed E-state index contributed by atoms with van der Waals surface area (Å²) in [4.78, 5) is 4.08. The minimum atomic E-state index is -0.122. The van der Waals surface area contributed by atoms with Crippen LogP contribution in [-0.2, 0) is 0 Å². The molecule has 0 saturated carbocycles. The van der Waals surface area contributed by atoms with E-state index in [2.05, 4.69) is 27.0 Å². The van der Waals surface area contributed by atoms with Crippen LogP contribution in [0.1, 0.15) is 18.5 Å². The Labute approximate surface area is 74.0 Å². The number of halogens is 1. The van der Waals surface area contributed by atoms with Crippen molar-refractivity contribution in [2.75, 3.05) is 0 Å². The molecule has 1 aromatic rings. The first kappa shape index (κ1) is 8.22. The van der Waals surface area contributed by atoms with Crippen LogP contribution in [0.2, 0.25) is 0 Å². The number of hydrogen-bond donors (Lipinski definition) is 0. The third kappa shape index (κ3) is 2.02. The van der Waals surface area contributed by atoms with E-state index in [4.69, 9.17) is 5.26 Å². The van der Waals surface area contributed by atoms with Gasteiger partial charge in [0.1, 0.15) is 0 Å². The molecule has 0 aliphatic heterocycles. The van der Waals surface area contributed by atoms with Gasteiger partial charge in [-0.15, -0.1) is 0 Å². The fraction of sp³-hybridized carbons (Fsp3) is 0.250. The normalized spacial score (nSPS) is 12.1. The summed E-state index contributed by atoms with van der Waals surface area (Å²) in [7, 11) is 0. The summed E-state index contributed by atoms with van der Waals surface area (Å²) in [5.41, 5.74) is 0.815. The molecule has 56 valence electrons. The standard InChI is InChI=1S/C8H7BrN2/c1-6(4-10)8-3-2-7(9)5-11-8/h2-3,5-6H,1H3. The summed E-state index contributed by atoms with van der Waals surface area (Å²) in [6.45, 7) is 1.83. The van der Waals surface area contributed by atoms with Crippen LogP contribution in [0.5, 0.6) is 0 Å². The van der Waals surface area contributed by atoms with E-state index in [1.54, 1.807) is 6.20 Å². The Bertz CT molecular complexity index is 273. The zero-order chi connectivity index (χ0) is 8.27. The van der Waals surface area contributed by atoms with Crippen molar-refractivity contribution in [1.82, 2.24) is 4.98 Å². The van der Waals surface area contributed by atoms with Crippen LogP contribution in [0, 0.1) is 11.3 Å². The molecule has 1 atom stereocenters. The van der Waals surface area contributed by atoms with Crippen molar-refractivity contribution < 1.29 is 0 Å². The highest BCUT2D eigenvalue weighted by Gasteiger charge is 2.03. The fourth-order valence-corrected chi connectivity index (χ4v) is 0.944. The SMILES string of the molecule is CC(C#N)c1ccc(Br)cn1. The first-order valence-electron chi connectivity index (χ1n) is 3.25. The summed E-state index contributed by atoms with van der Waals surface area (Å²) in [5, 5.41) is 8.56. The highest BCUT2D eigenvalue weighted by molar-refractivity contribution is 9.10. The average Bonchev–Trinajstić information content (AvgIpc) is 2.05. The van der Waals surface area contributed by atoms with Crippen molar-refractivity contribution in [2.45, 2.75) is 12.8 Å². The Balaban J connectivity index is 2.92. The summed E-state index contributed by atoms with van der Waals surface area (Å²) in [5.74, 6) is -0.122. The number of hydrogen-bond acceptors (Lipinski definition) is 2. The molecule has 1 aromatic heterocycles. The van der Waals surface area contributed by atoms with Gasteiger partial charge < -0.3 is 0 Å². The predicted molar refractivity (Wildman–Crippen MR) is 46.0 cm³/mol. The Hall–Kier alpha value is -0.880. The average molecular weight is 211 g/mol. The lowest BCUT2D eigenvalue weighted by atomic mass is 10.1. The van der Waals surface area contributed by atoms with Gasteiger partial charge in [0.2, 0.25) is 0 Å². The van der Waals surface area contributed by atoms with E-state index in [9.17, 15) is 0 Å². The van der Waals surface area contributed by atoms with Crippen LogP contribution in [0.4, 0.5) is 0 Å². The van der Waals surface area contributed by atoms with Gasteiger partial charge in [0, 0.05) is 10.7 Å². The van der Waals surface area contributed by atoms with E-state index in [0.29, 0.717) is 0 Å². The molecule has 1 heterocycles. The van der Waals surface area contributed by atoms with Crippen molar-refractivity contribution in [1.29, 1.82) is 5.26 Å². The van der Waals surface area contributed by atoms with E-state index in [0.717, 1.165) is 10.2 Å². The maximum atomic E-state index is 8.56. The highest BCUT2D eigenvalue weighted by Crippen LogP contribution is 2.13. The van der Waals surface area contributed by atoms with Crippen LogP contribution < -0.4 is 0 Å². The van der Waals surface area contributed by atoms with Gasteiger partial charge >= 0.3 is 0 Å². The van der Waals surface area contributed by atoms with Crippen LogP contribution in [0.15, 0.2) is 22.8 Å². The highest BCUT2D eigenvalue weighted by atomic mass is 79.9.